The summed E-state index contributed by atoms with van der Waals surface area (Å²) in [5.74, 6) is -0.136. The molecule has 1 aliphatic rings. The van der Waals surface area contributed by atoms with Crippen LogP contribution < -0.4 is 10.6 Å². The van der Waals surface area contributed by atoms with Crippen LogP contribution in [0.1, 0.15) is 50.9 Å². The summed E-state index contributed by atoms with van der Waals surface area (Å²) in [6.45, 7) is 5.07. The molecule has 0 radical (unpaired) electrons. The van der Waals surface area contributed by atoms with Crippen molar-refractivity contribution in [3.63, 3.8) is 0 Å². The molecule has 0 spiro atoms. The molecule has 1 aliphatic heterocycles. The number of hydrogen-bond donors (Lipinski definition) is 2. The highest BCUT2D eigenvalue weighted by molar-refractivity contribution is 5.94. The fourth-order valence-electron chi connectivity index (χ4n) is 3.48. The van der Waals surface area contributed by atoms with Gasteiger partial charge in [0.25, 0.3) is 5.91 Å². The Balaban J connectivity index is 0.00000134. The molecular formula is C27H41N3O4. The lowest BCUT2D eigenvalue weighted by Gasteiger charge is -2.26. The number of carbonyl (C=O) groups excluding carboxylic acids is 3. The molecule has 7 nitrogen and oxygen atoms in total. The van der Waals surface area contributed by atoms with Gasteiger partial charge in [0.1, 0.15) is 6.29 Å². The van der Waals surface area contributed by atoms with Gasteiger partial charge in [0.15, 0.2) is 0 Å². The Bertz CT molecular complexity index is 806. The number of benzene rings is 2. The number of amides is 2. The maximum Gasteiger partial charge on any atom is 0.251 e. The standard InChI is InChI=1S/C21H31N3O4.C6H6.2H2/c25-14-11-22-20(26)5-3-1-2-4-10-23-21(27)19-8-6-18(7-9-19)17-24-12-15-28-16-13-24;1-2-4-6-5-3-1;;/h6-9,14H,1-5,10-13,15-17H2,(H,22,26)(H,23,27);1-6H;2*1H. The van der Waals surface area contributed by atoms with Gasteiger partial charge in [0.2, 0.25) is 5.91 Å². The van der Waals surface area contributed by atoms with Crippen molar-refractivity contribution < 1.29 is 22.0 Å². The molecule has 0 bridgehead atoms. The monoisotopic (exact) mass is 471 g/mol. The lowest BCUT2D eigenvalue weighted by Crippen LogP contribution is -2.35. The number of morpholine rings is 1. The van der Waals surface area contributed by atoms with E-state index in [4.69, 9.17) is 4.74 Å². The van der Waals surface area contributed by atoms with Crippen molar-refractivity contribution in [2.24, 2.45) is 0 Å². The Morgan fingerprint density at radius 2 is 1.50 bits per heavy atom. The summed E-state index contributed by atoms with van der Waals surface area (Å²) >= 11 is 0. The Morgan fingerprint density at radius 3 is 2.12 bits per heavy atom. The number of nitrogens with one attached hydrogen (secondary N) is 2. The summed E-state index contributed by atoms with van der Waals surface area (Å²) in [7, 11) is 0. The summed E-state index contributed by atoms with van der Waals surface area (Å²) in [4.78, 5) is 36.1. The minimum absolute atomic E-state index is 0. The quantitative estimate of drug-likeness (QED) is 0.364. The number of rotatable bonds is 12. The third kappa shape index (κ3) is 12.3. The first kappa shape index (κ1) is 27.2. The van der Waals surface area contributed by atoms with Crippen molar-refractivity contribution in [3.8, 4) is 0 Å². The molecule has 0 aliphatic carbocycles. The van der Waals surface area contributed by atoms with E-state index in [1.807, 2.05) is 60.7 Å². The summed E-state index contributed by atoms with van der Waals surface area (Å²) in [6, 6.07) is 19.8. The van der Waals surface area contributed by atoms with Gasteiger partial charge >= 0.3 is 0 Å². The molecule has 2 aromatic carbocycles. The van der Waals surface area contributed by atoms with E-state index >= 15 is 0 Å². The Morgan fingerprint density at radius 1 is 0.882 bits per heavy atom. The Hall–Kier alpha value is -3.03. The zero-order chi connectivity index (χ0) is 24.3. The van der Waals surface area contributed by atoms with Crippen LogP contribution in [0.5, 0.6) is 0 Å². The molecule has 188 valence electrons. The van der Waals surface area contributed by atoms with Crippen LogP contribution in [0.25, 0.3) is 0 Å². The van der Waals surface area contributed by atoms with Crippen molar-refractivity contribution in [1.29, 1.82) is 0 Å². The van der Waals surface area contributed by atoms with E-state index in [9.17, 15) is 14.4 Å². The van der Waals surface area contributed by atoms with E-state index < -0.39 is 0 Å². The number of unbranched alkanes of at least 4 members (excludes halogenated alkanes) is 3. The van der Waals surface area contributed by atoms with Crippen LogP contribution in [0.4, 0.5) is 0 Å². The molecule has 0 atom stereocenters. The molecule has 0 saturated carbocycles. The van der Waals surface area contributed by atoms with Crippen LogP contribution in [0.2, 0.25) is 0 Å². The zero-order valence-electron chi connectivity index (χ0n) is 19.9. The van der Waals surface area contributed by atoms with Gasteiger partial charge in [-0.3, -0.25) is 14.5 Å². The first-order chi connectivity index (χ1) is 16.7. The summed E-state index contributed by atoms with van der Waals surface area (Å²) < 4.78 is 5.36. The predicted molar refractivity (Wildman–Crippen MR) is 138 cm³/mol. The highest BCUT2D eigenvalue weighted by atomic mass is 16.5. The van der Waals surface area contributed by atoms with Crippen molar-refractivity contribution in [2.45, 2.75) is 38.6 Å². The first-order valence-electron chi connectivity index (χ1n) is 12.1. The largest absolute Gasteiger partial charge is 0.379 e. The van der Waals surface area contributed by atoms with Gasteiger partial charge in [-0.25, -0.2) is 0 Å². The highest BCUT2D eigenvalue weighted by Gasteiger charge is 2.11. The van der Waals surface area contributed by atoms with E-state index in [0.717, 1.165) is 58.5 Å². The van der Waals surface area contributed by atoms with E-state index in [2.05, 4.69) is 15.5 Å². The highest BCUT2D eigenvalue weighted by Crippen LogP contribution is 2.09. The number of ether oxygens (including phenoxy) is 1. The van der Waals surface area contributed by atoms with E-state index in [1.165, 1.54) is 5.56 Å². The van der Waals surface area contributed by atoms with E-state index in [-0.39, 0.29) is 21.2 Å². The van der Waals surface area contributed by atoms with Crippen LogP contribution in [0.3, 0.4) is 0 Å². The van der Waals surface area contributed by atoms with Gasteiger partial charge < -0.3 is 20.2 Å². The van der Waals surface area contributed by atoms with Crippen molar-refractivity contribution in [2.75, 3.05) is 39.4 Å². The third-order valence-electron chi connectivity index (χ3n) is 5.39. The normalized spacial score (nSPS) is 13.3. The van der Waals surface area contributed by atoms with Gasteiger partial charge in [-0.1, -0.05) is 61.4 Å². The molecule has 1 fully saturated rings. The minimum Gasteiger partial charge on any atom is -0.379 e. The average Bonchev–Trinajstić information content (AvgIpc) is 2.89. The molecule has 0 unspecified atom stereocenters. The first-order valence-corrected chi connectivity index (χ1v) is 12.1. The maximum atomic E-state index is 12.2. The molecule has 2 aromatic rings. The second-order valence-electron chi connectivity index (χ2n) is 8.13. The molecule has 2 N–H and O–H groups in total. The van der Waals surface area contributed by atoms with E-state index in [0.29, 0.717) is 24.8 Å². The van der Waals surface area contributed by atoms with Crippen LogP contribution in [0, 0.1) is 0 Å². The molecule has 34 heavy (non-hydrogen) atoms. The van der Waals surface area contributed by atoms with Gasteiger partial charge in [-0.05, 0) is 30.5 Å². The number of hydrogen-bond acceptors (Lipinski definition) is 5. The second-order valence-corrected chi connectivity index (χ2v) is 8.13. The maximum absolute atomic E-state index is 12.2. The Kier molecular flexibility index (Phi) is 14.0. The van der Waals surface area contributed by atoms with Gasteiger partial charge in [0.05, 0.1) is 19.8 Å². The molecule has 2 amide bonds. The molecular weight excluding hydrogens is 430 g/mol. The zero-order valence-corrected chi connectivity index (χ0v) is 19.9. The van der Waals surface area contributed by atoms with Crippen LogP contribution >= 0.6 is 0 Å². The van der Waals surface area contributed by atoms with Crippen LogP contribution in [0.15, 0.2) is 60.7 Å². The van der Waals surface area contributed by atoms with Crippen LogP contribution in [-0.2, 0) is 20.9 Å². The molecule has 0 aromatic heterocycles. The fourth-order valence-corrected chi connectivity index (χ4v) is 3.48. The van der Waals surface area contributed by atoms with Crippen LogP contribution in [-0.4, -0.2) is 62.4 Å². The number of carbonyl (C=O) groups is 3. The molecule has 1 saturated heterocycles. The van der Waals surface area contributed by atoms with Gasteiger partial charge in [-0.2, -0.15) is 0 Å². The summed E-state index contributed by atoms with van der Waals surface area (Å²) in [5.41, 5.74) is 1.88. The number of aldehydes is 1. The Labute approximate surface area is 205 Å². The van der Waals surface area contributed by atoms with Gasteiger partial charge in [-0.15, -0.1) is 0 Å². The predicted octanol–water partition coefficient (Wildman–Crippen LogP) is 3.69. The minimum atomic E-state index is -0.0857. The average molecular weight is 472 g/mol. The molecule has 7 heteroatoms. The van der Waals surface area contributed by atoms with Crippen molar-refractivity contribution in [1.82, 2.24) is 15.5 Å². The molecule has 1 heterocycles. The third-order valence-corrected chi connectivity index (χ3v) is 5.39. The van der Waals surface area contributed by atoms with E-state index in [1.54, 1.807) is 0 Å². The van der Waals surface area contributed by atoms with Gasteiger partial charge in [0, 0.05) is 41.0 Å². The fraction of sp³-hybridized carbons (Fsp3) is 0.444. The summed E-state index contributed by atoms with van der Waals surface area (Å²) in [6.07, 6.45) is 4.69. The van der Waals surface area contributed by atoms with Crippen molar-refractivity contribution >= 4 is 18.1 Å². The smallest absolute Gasteiger partial charge is 0.251 e. The summed E-state index contributed by atoms with van der Waals surface area (Å²) in [5, 5.41) is 5.47. The molecule has 3 rings (SSSR count). The van der Waals surface area contributed by atoms with Crippen molar-refractivity contribution in [3.05, 3.63) is 71.8 Å². The lowest BCUT2D eigenvalue weighted by molar-refractivity contribution is -0.122. The number of nitrogens with zero attached hydrogens (tertiary/aromatic N) is 1. The second kappa shape index (κ2) is 17.4. The SMILES string of the molecule is O=CCNC(=O)CCCCCCNC(=O)c1ccc(CN2CCOCC2)cc1.[HH].[HH].c1ccccc1. The lowest BCUT2D eigenvalue weighted by atomic mass is 10.1. The topological polar surface area (TPSA) is 87.7 Å².